The molecule has 0 saturated carbocycles. The van der Waals surface area contributed by atoms with Crippen molar-refractivity contribution in [3.63, 3.8) is 0 Å². The van der Waals surface area contributed by atoms with Gasteiger partial charge in [0.2, 0.25) is 0 Å². The molecule has 4 heteroatoms. The first-order valence-corrected chi connectivity index (χ1v) is 8.52. The Hall–Kier alpha value is 0.0969. The van der Waals surface area contributed by atoms with Gasteiger partial charge in [-0.15, -0.1) is 0 Å². The van der Waals surface area contributed by atoms with Crippen molar-refractivity contribution in [3.05, 3.63) is 0 Å². The molecule has 0 saturated heterocycles. The molecule has 0 aromatic carbocycles. The molecule has 0 fully saturated rings. The van der Waals surface area contributed by atoms with Gasteiger partial charge in [-0.1, -0.05) is 34.6 Å². The quantitative estimate of drug-likeness (QED) is 0.600. The smallest absolute Gasteiger partial charge is 0.376 e. The summed E-state index contributed by atoms with van der Waals surface area (Å²) in [5.41, 5.74) is 0.0641. The van der Waals surface area contributed by atoms with E-state index in [1.165, 1.54) is 0 Å². The topological polar surface area (TPSA) is 27.7 Å². The van der Waals surface area contributed by atoms with Crippen LogP contribution in [0.3, 0.4) is 0 Å². The van der Waals surface area contributed by atoms with E-state index in [0.717, 1.165) is 32.5 Å². The summed E-state index contributed by atoms with van der Waals surface area (Å²) in [7, 11) is -1.98. The largest absolute Gasteiger partial charge is 0.484 e. The van der Waals surface area contributed by atoms with E-state index in [-0.39, 0.29) is 11.0 Å². The fraction of sp³-hybridized carbons (Fsp3) is 1.00. The maximum Gasteiger partial charge on any atom is 0.484 e. The van der Waals surface area contributed by atoms with Crippen LogP contribution < -0.4 is 0 Å². The molecule has 0 unspecified atom stereocenters. The Kier molecular flexibility index (Phi) is 8.35. The van der Waals surface area contributed by atoms with E-state index in [4.69, 9.17) is 13.3 Å². The molecule has 0 rings (SSSR count). The highest BCUT2D eigenvalue weighted by Gasteiger charge is 2.31. The minimum absolute atomic E-state index is 0.184. The van der Waals surface area contributed by atoms with Gasteiger partial charge in [0.15, 0.2) is 0 Å². The third-order valence-corrected chi connectivity index (χ3v) is 4.13. The predicted octanol–water partition coefficient (Wildman–Crippen LogP) is 3.79. The Labute approximate surface area is 115 Å². The van der Waals surface area contributed by atoms with E-state index in [2.05, 4.69) is 48.5 Å². The van der Waals surface area contributed by atoms with Crippen LogP contribution >= 0.6 is 0 Å². The Bertz CT molecular complexity index is 204. The molecular formula is C14H32O3Si. The average Bonchev–Trinajstić information content (AvgIpc) is 2.18. The second-order valence-corrected chi connectivity index (χ2v) is 8.12. The molecule has 110 valence electrons. The molecule has 18 heavy (non-hydrogen) atoms. The molecule has 3 nitrogen and oxygen atoms in total. The van der Waals surface area contributed by atoms with Crippen molar-refractivity contribution in [2.45, 2.75) is 73.3 Å². The maximum absolute atomic E-state index is 6.11. The Morgan fingerprint density at radius 3 is 1.61 bits per heavy atom. The fourth-order valence-electron chi connectivity index (χ4n) is 2.12. The number of hydrogen-bond acceptors (Lipinski definition) is 3. The van der Waals surface area contributed by atoms with Crippen molar-refractivity contribution < 1.29 is 13.3 Å². The molecule has 0 aliphatic carbocycles. The summed E-state index contributed by atoms with van der Waals surface area (Å²) in [6, 6.07) is 0. The molecule has 0 radical (unpaired) electrons. The van der Waals surface area contributed by atoms with Crippen LogP contribution in [-0.4, -0.2) is 28.3 Å². The molecule has 0 aromatic heterocycles. The highest BCUT2D eigenvalue weighted by molar-refractivity contribution is 6.36. The molecule has 0 aromatic rings. The zero-order chi connectivity index (χ0) is 14.2. The van der Waals surface area contributed by atoms with E-state index < -0.39 is 9.53 Å². The third kappa shape index (κ3) is 10.1. The first-order chi connectivity index (χ1) is 8.20. The van der Waals surface area contributed by atoms with E-state index >= 15 is 0 Å². The SMILES string of the molecule is CCCO[SiH](OCCC)OC(C)(C)CC(C)(C)C. The van der Waals surface area contributed by atoms with Crippen LogP contribution in [0.15, 0.2) is 0 Å². The van der Waals surface area contributed by atoms with Gasteiger partial charge in [0.1, 0.15) is 0 Å². The lowest BCUT2D eigenvalue weighted by molar-refractivity contribution is -0.0102. The van der Waals surface area contributed by atoms with Gasteiger partial charge >= 0.3 is 9.53 Å². The number of rotatable bonds is 9. The van der Waals surface area contributed by atoms with Crippen LogP contribution in [0.2, 0.25) is 0 Å². The monoisotopic (exact) mass is 276 g/mol. The Balaban J connectivity index is 4.33. The molecule has 0 aliphatic rings. The van der Waals surface area contributed by atoms with Crippen molar-refractivity contribution in [2.75, 3.05) is 13.2 Å². The van der Waals surface area contributed by atoms with Crippen LogP contribution in [0.4, 0.5) is 0 Å². The van der Waals surface area contributed by atoms with Crippen molar-refractivity contribution in [3.8, 4) is 0 Å². The first-order valence-electron chi connectivity index (χ1n) is 7.11. The van der Waals surface area contributed by atoms with Crippen LogP contribution in [0.25, 0.3) is 0 Å². The van der Waals surface area contributed by atoms with Crippen LogP contribution in [0.5, 0.6) is 0 Å². The molecular weight excluding hydrogens is 244 g/mol. The lowest BCUT2D eigenvalue weighted by Gasteiger charge is -2.35. The van der Waals surface area contributed by atoms with E-state index in [1.807, 2.05) is 0 Å². The summed E-state index contributed by atoms with van der Waals surface area (Å²) in [6.07, 6.45) is 3.00. The summed E-state index contributed by atoms with van der Waals surface area (Å²) in [5.74, 6) is 0. The summed E-state index contributed by atoms with van der Waals surface area (Å²) >= 11 is 0. The minimum Gasteiger partial charge on any atom is -0.376 e. The second kappa shape index (κ2) is 8.30. The molecule has 0 spiro atoms. The van der Waals surface area contributed by atoms with Crippen LogP contribution in [0, 0.1) is 5.41 Å². The van der Waals surface area contributed by atoms with Gasteiger partial charge in [-0.25, -0.2) is 0 Å². The maximum atomic E-state index is 6.11. The van der Waals surface area contributed by atoms with Crippen molar-refractivity contribution in [2.24, 2.45) is 5.41 Å². The molecule has 0 bridgehead atoms. The van der Waals surface area contributed by atoms with Gasteiger partial charge in [-0.3, -0.25) is 0 Å². The van der Waals surface area contributed by atoms with Crippen molar-refractivity contribution in [1.82, 2.24) is 0 Å². The van der Waals surface area contributed by atoms with Gasteiger partial charge in [0.25, 0.3) is 0 Å². The zero-order valence-corrected chi connectivity index (χ0v) is 14.5. The lowest BCUT2D eigenvalue weighted by Crippen LogP contribution is -2.40. The Morgan fingerprint density at radius 1 is 0.833 bits per heavy atom. The summed E-state index contributed by atoms with van der Waals surface area (Å²) < 4.78 is 17.6. The second-order valence-electron chi connectivity index (χ2n) is 6.65. The zero-order valence-electron chi connectivity index (χ0n) is 13.3. The summed E-state index contributed by atoms with van der Waals surface area (Å²) in [4.78, 5) is 0. The third-order valence-electron chi connectivity index (χ3n) is 2.29. The normalized spacial score (nSPS) is 13.3. The van der Waals surface area contributed by atoms with Crippen molar-refractivity contribution >= 4 is 9.53 Å². The van der Waals surface area contributed by atoms with E-state index in [1.54, 1.807) is 0 Å². The predicted molar refractivity (Wildman–Crippen MR) is 78.9 cm³/mol. The summed E-state index contributed by atoms with van der Waals surface area (Å²) in [6.45, 7) is 16.6. The highest BCUT2D eigenvalue weighted by Crippen LogP contribution is 2.30. The molecule has 0 atom stereocenters. The van der Waals surface area contributed by atoms with Crippen LogP contribution in [-0.2, 0) is 13.3 Å². The summed E-state index contributed by atoms with van der Waals surface area (Å²) in [5, 5.41) is 0. The highest BCUT2D eigenvalue weighted by atomic mass is 28.3. The van der Waals surface area contributed by atoms with E-state index in [9.17, 15) is 0 Å². The average molecular weight is 276 g/mol. The van der Waals surface area contributed by atoms with Gasteiger partial charge < -0.3 is 13.3 Å². The first kappa shape index (κ1) is 18.1. The Morgan fingerprint density at radius 2 is 1.28 bits per heavy atom. The molecule has 0 aliphatic heterocycles. The van der Waals surface area contributed by atoms with Crippen LogP contribution in [0.1, 0.15) is 67.7 Å². The molecule has 0 amide bonds. The van der Waals surface area contributed by atoms with E-state index in [0.29, 0.717) is 0 Å². The lowest BCUT2D eigenvalue weighted by atomic mass is 9.84. The van der Waals surface area contributed by atoms with Gasteiger partial charge in [0, 0.05) is 13.2 Å². The standard InChI is InChI=1S/C14H32O3Si/c1-8-10-15-18(16-11-9-2)17-14(6,7)12-13(3,4)5/h18H,8-12H2,1-7H3. The molecule has 0 heterocycles. The minimum atomic E-state index is -1.98. The fourth-order valence-corrected chi connectivity index (χ4v) is 3.82. The van der Waals surface area contributed by atoms with Gasteiger partial charge in [-0.05, 0) is 38.5 Å². The van der Waals surface area contributed by atoms with Gasteiger partial charge in [-0.2, -0.15) is 0 Å². The molecule has 0 N–H and O–H groups in total. The number of hydrogen-bond donors (Lipinski definition) is 0. The van der Waals surface area contributed by atoms with Gasteiger partial charge in [0.05, 0.1) is 5.60 Å². The van der Waals surface area contributed by atoms with Crippen molar-refractivity contribution in [1.29, 1.82) is 0 Å².